The van der Waals surface area contributed by atoms with Crippen LogP contribution in [0.4, 0.5) is 15.8 Å². The van der Waals surface area contributed by atoms with Gasteiger partial charge in [-0.3, -0.25) is 13.9 Å². The van der Waals surface area contributed by atoms with Gasteiger partial charge in [-0.1, -0.05) is 6.07 Å². The number of rotatable bonds is 7. The Morgan fingerprint density at radius 1 is 1.13 bits per heavy atom. The summed E-state index contributed by atoms with van der Waals surface area (Å²) < 4.78 is 45.5. The van der Waals surface area contributed by atoms with E-state index in [9.17, 15) is 22.4 Å². The highest BCUT2D eigenvalue weighted by Gasteiger charge is 2.29. The van der Waals surface area contributed by atoms with E-state index in [2.05, 4.69) is 5.32 Å². The molecular formula is C21H23FN2O5S. The molecule has 2 aromatic carbocycles. The van der Waals surface area contributed by atoms with E-state index in [0.717, 1.165) is 17.7 Å². The quantitative estimate of drug-likeness (QED) is 0.676. The number of hydrogen-bond donors (Lipinski definition) is 1. The molecule has 1 N–H and O–H groups in total. The van der Waals surface area contributed by atoms with Crippen LogP contribution >= 0.6 is 0 Å². The molecule has 0 radical (unpaired) electrons. The number of fused-ring (bicyclic) bond motifs is 1. The highest BCUT2D eigenvalue weighted by Crippen LogP contribution is 2.34. The molecule has 160 valence electrons. The molecule has 0 aliphatic carbocycles. The van der Waals surface area contributed by atoms with Crippen molar-refractivity contribution in [3.63, 3.8) is 0 Å². The minimum Gasteiger partial charge on any atom is -0.466 e. The number of hydrogen-bond acceptors (Lipinski definition) is 5. The molecule has 0 unspecified atom stereocenters. The predicted octanol–water partition coefficient (Wildman–Crippen LogP) is 3.25. The number of amides is 1. The molecule has 0 bridgehead atoms. The lowest BCUT2D eigenvalue weighted by Gasteiger charge is -2.31. The first-order valence-electron chi connectivity index (χ1n) is 9.68. The first-order chi connectivity index (χ1) is 14.3. The number of benzene rings is 2. The molecule has 2 aromatic rings. The SMILES string of the molecule is CCOC(=O)CCC(=O)Nc1ccc2c(c1)N(S(=O)(=O)c1ccc(F)cc1)CCC2. The molecular weight excluding hydrogens is 411 g/mol. The summed E-state index contributed by atoms with van der Waals surface area (Å²) in [5.74, 6) is -1.33. The third kappa shape index (κ3) is 4.96. The maximum Gasteiger partial charge on any atom is 0.306 e. The van der Waals surface area contributed by atoms with Crippen molar-refractivity contribution in [1.82, 2.24) is 0 Å². The van der Waals surface area contributed by atoms with Gasteiger partial charge in [0.15, 0.2) is 0 Å². The van der Waals surface area contributed by atoms with Crippen molar-refractivity contribution in [2.45, 2.75) is 37.5 Å². The fourth-order valence-corrected chi connectivity index (χ4v) is 4.81. The van der Waals surface area contributed by atoms with Crippen LogP contribution in [0.25, 0.3) is 0 Å². The topological polar surface area (TPSA) is 92.8 Å². The van der Waals surface area contributed by atoms with E-state index in [1.165, 1.54) is 16.4 Å². The summed E-state index contributed by atoms with van der Waals surface area (Å²) in [6, 6.07) is 9.78. The van der Waals surface area contributed by atoms with E-state index in [-0.39, 0.29) is 36.8 Å². The largest absolute Gasteiger partial charge is 0.466 e. The Labute approximate surface area is 174 Å². The lowest BCUT2D eigenvalue weighted by molar-refractivity contribution is -0.144. The van der Waals surface area contributed by atoms with Crippen LogP contribution in [0.15, 0.2) is 47.4 Å². The standard InChI is InChI=1S/C21H23FN2O5S/c1-2-29-21(26)12-11-20(25)23-17-8-5-15-4-3-13-24(19(15)14-17)30(27,28)18-9-6-16(22)7-10-18/h5-10,14H,2-4,11-13H2,1H3,(H,23,25). The monoisotopic (exact) mass is 434 g/mol. The fourth-order valence-electron chi connectivity index (χ4n) is 3.27. The van der Waals surface area contributed by atoms with E-state index in [0.29, 0.717) is 24.2 Å². The van der Waals surface area contributed by atoms with Crippen molar-refractivity contribution in [3.8, 4) is 0 Å². The van der Waals surface area contributed by atoms with E-state index < -0.39 is 21.8 Å². The van der Waals surface area contributed by atoms with Gasteiger partial charge in [-0.2, -0.15) is 0 Å². The van der Waals surface area contributed by atoms with Gasteiger partial charge in [-0.25, -0.2) is 12.8 Å². The van der Waals surface area contributed by atoms with E-state index >= 15 is 0 Å². The van der Waals surface area contributed by atoms with Crippen molar-refractivity contribution < 1.29 is 27.1 Å². The van der Waals surface area contributed by atoms with E-state index in [4.69, 9.17) is 4.74 Å². The Morgan fingerprint density at radius 2 is 1.87 bits per heavy atom. The van der Waals surface area contributed by atoms with E-state index in [1.54, 1.807) is 25.1 Å². The Balaban J connectivity index is 1.80. The van der Waals surface area contributed by atoms with Crippen LogP contribution in [0.2, 0.25) is 0 Å². The van der Waals surface area contributed by atoms with Crippen molar-refractivity contribution in [1.29, 1.82) is 0 Å². The van der Waals surface area contributed by atoms with Crippen molar-refractivity contribution >= 4 is 33.3 Å². The Bertz CT molecular complexity index is 1040. The number of halogens is 1. The smallest absolute Gasteiger partial charge is 0.306 e. The molecule has 1 aliphatic rings. The zero-order valence-corrected chi connectivity index (χ0v) is 17.4. The van der Waals surface area contributed by atoms with Crippen LogP contribution in [0.1, 0.15) is 31.7 Å². The number of carbonyl (C=O) groups excluding carboxylic acids is 2. The Hall–Kier alpha value is -2.94. The molecule has 7 nitrogen and oxygen atoms in total. The minimum atomic E-state index is -3.87. The maximum absolute atomic E-state index is 13.2. The molecule has 0 spiro atoms. The number of carbonyl (C=O) groups is 2. The van der Waals surface area contributed by atoms with Crippen LogP contribution in [-0.4, -0.2) is 33.4 Å². The summed E-state index contributed by atoms with van der Waals surface area (Å²) in [6.45, 7) is 2.23. The van der Waals surface area contributed by atoms with Crippen LogP contribution < -0.4 is 9.62 Å². The number of anilines is 2. The summed E-state index contributed by atoms with van der Waals surface area (Å²) in [5.41, 5.74) is 1.76. The average molecular weight is 434 g/mol. The lowest BCUT2D eigenvalue weighted by Crippen LogP contribution is -2.35. The van der Waals surface area contributed by atoms with Gasteiger partial charge in [0.1, 0.15) is 5.82 Å². The van der Waals surface area contributed by atoms with Gasteiger partial charge in [0, 0.05) is 18.7 Å². The van der Waals surface area contributed by atoms with Crippen LogP contribution in [0, 0.1) is 5.82 Å². The lowest BCUT2D eigenvalue weighted by atomic mass is 10.0. The summed E-state index contributed by atoms with van der Waals surface area (Å²) in [6.07, 6.45) is 1.30. The highest BCUT2D eigenvalue weighted by molar-refractivity contribution is 7.92. The number of nitrogens with one attached hydrogen (secondary N) is 1. The third-order valence-corrected chi connectivity index (χ3v) is 6.54. The molecule has 0 aromatic heterocycles. The van der Waals surface area contributed by atoms with Gasteiger partial charge in [0.2, 0.25) is 5.91 Å². The number of ether oxygens (including phenoxy) is 1. The normalized spacial score (nSPS) is 13.5. The molecule has 0 saturated heterocycles. The summed E-state index contributed by atoms with van der Waals surface area (Å²) in [5, 5.41) is 2.69. The van der Waals surface area contributed by atoms with Crippen LogP contribution in [-0.2, 0) is 30.8 Å². The molecule has 1 amide bonds. The predicted molar refractivity (Wildman–Crippen MR) is 110 cm³/mol. The first-order valence-corrected chi connectivity index (χ1v) is 11.1. The van der Waals surface area contributed by atoms with E-state index in [1.807, 2.05) is 0 Å². The Kier molecular flexibility index (Phi) is 6.71. The van der Waals surface area contributed by atoms with Crippen molar-refractivity contribution in [2.75, 3.05) is 22.8 Å². The third-order valence-electron chi connectivity index (χ3n) is 4.71. The van der Waals surface area contributed by atoms with Gasteiger partial charge in [0.25, 0.3) is 10.0 Å². The number of sulfonamides is 1. The van der Waals surface area contributed by atoms with Crippen molar-refractivity contribution in [3.05, 3.63) is 53.8 Å². The van der Waals surface area contributed by atoms with Crippen molar-refractivity contribution in [2.24, 2.45) is 0 Å². The van der Waals surface area contributed by atoms with Gasteiger partial charge in [-0.05, 0) is 61.7 Å². The number of esters is 1. The van der Waals surface area contributed by atoms with Gasteiger partial charge >= 0.3 is 5.97 Å². The average Bonchev–Trinajstić information content (AvgIpc) is 2.72. The van der Waals surface area contributed by atoms with Gasteiger partial charge < -0.3 is 10.1 Å². The molecule has 0 saturated carbocycles. The first kappa shape index (κ1) is 21.8. The van der Waals surface area contributed by atoms with Gasteiger partial charge in [0.05, 0.1) is 23.6 Å². The molecule has 1 aliphatic heterocycles. The summed E-state index contributed by atoms with van der Waals surface area (Å²) in [7, 11) is -3.87. The number of nitrogens with zero attached hydrogens (tertiary/aromatic N) is 1. The zero-order chi connectivity index (χ0) is 21.7. The molecule has 9 heteroatoms. The summed E-state index contributed by atoms with van der Waals surface area (Å²) >= 11 is 0. The van der Waals surface area contributed by atoms with Crippen LogP contribution in [0.3, 0.4) is 0 Å². The second kappa shape index (κ2) is 9.25. The zero-order valence-electron chi connectivity index (χ0n) is 16.6. The molecule has 3 rings (SSSR count). The number of aryl methyl sites for hydroxylation is 1. The molecule has 0 atom stereocenters. The second-order valence-electron chi connectivity index (χ2n) is 6.83. The maximum atomic E-state index is 13.2. The highest BCUT2D eigenvalue weighted by atomic mass is 32.2. The molecule has 30 heavy (non-hydrogen) atoms. The van der Waals surface area contributed by atoms with Gasteiger partial charge in [-0.15, -0.1) is 0 Å². The van der Waals surface area contributed by atoms with Crippen LogP contribution in [0.5, 0.6) is 0 Å². The minimum absolute atomic E-state index is 0.000579. The second-order valence-corrected chi connectivity index (χ2v) is 8.69. The summed E-state index contributed by atoms with van der Waals surface area (Å²) in [4.78, 5) is 23.5. The fraction of sp³-hybridized carbons (Fsp3) is 0.333. The molecule has 0 fully saturated rings. The molecule has 1 heterocycles. The Morgan fingerprint density at radius 3 is 2.57 bits per heavy atom.